The molecule has 0 radical (unpaired) electrons. The van der Waals surface area contributed by atoms with Gasteiger partial charge in [0.15, 0.2) is 0 Å². The highest BCUT2D eigenvalue weighted by Gasteiger charge is 2.13. The van der Waals surface area contributed by atoms with E-state index in [-0.39, 0.29) is 11.9 Å². The largest absolute Gasteiger partial charge is 0.384 e. The Morgan fingerprint density at radius 2 is 2.00 bits per heavy atom. The molecule has 1 aromatic carbocycles. The molecule has 1 aromatic heterocycles. The lowest BCUT2D eigenvalue weighted by molar-refractivity contribution is 0.515. The molecular formula is C12H14FN3. The Morgan fingerprint density at radius 1 is 1.31 bits per heavy atom. The Kier molecular flexibility index (Phi) is 2.90. The first-order valence-electron chi connectivity index (χ1n) is 5.27. The van der Waals surface area contributed by atoms with Crippen LogP contribution in [0.3, 0.4) is 0 Å². The molecule has 0 aliphatic carbocycles. The molecule has 0 aliphatic rings. The summed E-state index contributed by atoms with van der Waals surface area (Å²) >= 11 is 0. The number of nitrogens with two attached hydrogens (primary N) is 1. The normalized spacial score (nSPS) is 12.6. The number of rotatable bonds is 3. The molecule has 84 valence electrons. The number of hydrogen-bond donors (Lipinski definition) is 1. The monoisotopic (exact) mass is 219 g/mol. The Bertz CT molecular complexity index is 461. The number of aromatic nitrogens is 2. The summed E-state index contributed by atoms with van der Waals surface area (Å²) in [5, 5.41) is 4.18. The Labute approximate surface area is 93.7 Å². The lowest BCUT2D eigenvalue weighted by Gasteiger charge is -2.17. The van der Waals surface area contributed by atoms with E-state index in [2.05, 4.69) is 12.0 Å². The van der Waals surface area contributed by atoms with Crippen molar-refractivity contribution in [3.63, 3.8) is 0 Å². The van der Waals surface area contributed by atoms with E-state index in [9.17, 15) is 4.39 Å². The minimum absolute atomic E-state index is 0.0654. The maximum absolute atomic E-state index is 12.8. The van der Waals surface area contributed by atoms with Crippen molar-refractivity contribution in [2.75, 3.05) is 5.73 Å². The molecule has 1 heterocycles. The molecule has 0 aliphatic heterocycles. The van der Waals surface area contributed by atoms with Gasteiger partial charge in [-0.15, -0.1) is 0 Å². The topological polar surface area (TPSA) is 43.8 Å². The molecule has 2 N–H and O–H groups in total. The molecule has 1 unspecified atom stereocenters. The number of nitrogen functional groups attached to an aromatic ring is 1. The second-order valence-corrected chi connectivity index (χ2v) is 3.68. The van der Waals surface area contributed by atoms with E-state index in [4.69, 9.17) is 5.73 Å². The molecule has 0 amide bonds. The predicted octanol–water partition coefficient (Wildman–Crippen LogP) is 2.60. The van der Waals surface area contributed by atoms with Crippen LogP contribution in [0.25, 0.3) is 0 Å². The lowest BCUT2D eigenvalue weighted by Crippen LogP contribution is -2.13. The van der Waals surface area contributed by atoms with Gasteiger partial charge in [0.2, 0.25) is 0 Å². The molecule has 4 heteroatoms. The highest BCUT2D eigenvalue weighted by atomic mass is 19.1. The first-order chi connectivity index (χ1) is 7.72. The van der Waals surface area contributed by atoms with Crippen molar-refractivity contribution in [2.24, 2.45) is 0 Å². The third-order valence-corrected chi connectivity index (χ3v) is 2.64. The molecule has 16 heavy (non-hydrogen) atoms. The van der Waals surface area contributed by atoms with Crippen LogP contribution in [0, 0.1) is 5.82 Å². The molecule has 0 saturated heterocycles. The van der Waals surface area contributed by atoms with E-state index in [0.29, 0.717) is 5.82 Å². The first-order valence-corrected chi connectivity index (χ1v) is 5.27. The maximum Gasteiger partial charge on any atom is 0.123 e. The van der Waals surface area contributed by atoms with Crippen LogP contribution in [-0.4, -0.2) is 9.78 Å². The third kappa shape index (κ3) is 1.91. The van der Waals surface area contributed by atoms with Gasteiger partial charge in [-0.05, 0) is 30.2 Å². The van der Waals surface area contributed by atoms with Crippen molar-refractivity contribution in [2.45, 2.75) is 19.4 Å². The van der Waals surface area contributed by atoms with Gasteiger partial charge in [0.1, 0.15) is 11.6 Å². The molecule has 1 atom stereocenters. The molecule has 0 fully saturated rings. The van der Waals surface area contributed by atoms with Gasteiger partial charge >= 0.3 is 0 Å². The third-order valence-electron chi connectivity index (χ3n) is 2.64. The average molecular weight is 219 g/mol. The standard InChI is InChI=1S/C12H14FN3/c1-2-11(16-12(14)7-8-15-16)9-3-5-10(13)6-4-9/h3-8,11H,2,14H2,1H3. The maximum atomic E-state index is 12.8. The van der Waals surface area contributed by atoms with Crippen LogP contribution in [0.2, 0.25) is 0 Å². The van der Waals surface area contributed by atoms with Gasteiger partial charge < -0.3 is 5.73 Å². The molecular weight excluding hydrogens is 205 g/mol. The van der Waals surface area contributed by atoms with E-state index in [1.54, 1.807) is 29.1 Å². The van der Waals surface area contributed by atoms with Crippen LogP contribution in [0.4, 0.5) is 10.2 Å². The Morgan fingerprint density at radius 3 is 2.50 bits per heavy atom. The van der Waals surface area contributed by atoms with Gasteiger partial charge in [0.25, 0.3) is 0 Å². The molecule has 2 aromatic rings. The van der Waals surface area contributed by atoms with Gasteiger partial charge in [0, 0.05) is 0 Å². The van der Waals surface area contributed by atoms with Gasteiger partial charge in [-0.2, -0.15) is 5.10 Å². The lowest BCUT2D eigenvalue weighted by atomic mass is 10.0. The molecule has 3 nitrogen and oxygen atoms in total. The molecule has 0 saturated carbocycles. The Hall–Kier alpha value is -1.84. The highest BCUT2D eigenvalue weighted by molar-refractivity contribution is 5.30. The number of benzene rings is 1. The SMILES string of the molecule is CCC(c1ccc(F)cc1)n1nccc1N. The zero-order chi connectivity index (χ0) is 11.5. The fraction of sp³-hybridized carbons (Fsp3) is 0.250. The number of anilines is 1. The van der Waals surface area contributed by atoms with Crippen LogP contribution >= 0.6 is 0 Å². The molecule has 0 bridgehead atoms. The van der Waals surface area contributed by atoms with Crippen LogP contribution in [0.15, 0.2) is 36.5 Å². The van der Waals surface area contributed by atoms with Crippen molar-refractivity contribution >= 4 is 5.82 Å². The Balaban J connectivity index is 2.37. The summed E-state index contributed by atoms with van der Waals surface area (Å²) < 4.78 is 14.6. The fourth-order valence-electron chi connectivity index (χ4n) is 1.82. The summed E-state index contributed by atoms with van der Waals surface area (Å²) in [6.45, 7) is 2.05. The molecule has 2 rings (SSSR count). The van der Waals surface area contributed by atoms with Crippen LogP contribution in [-0.2, 0) is 0 Å². The van der Waals surface area contributed by atoms with Crippen LogP contribution in [0.5, 0.6) is 0 Å². The second kappa shape index (κ2) is 4.35. The minimum atomic E-state index is -0.230. The van der Waals surface area contributed by atoms with E-state index in [1.165, 1.54) is 12.1 Å². The smallest absolute Gasteiger partial charge is 0.123 e. The summed E-state index contributed by atoms with van der Waals surface area (Å²) in [7, 11) is 0. The van der Waals surface area contributed by atoms with Crippen molar-refractivity contribution in [1.29, 1.82) is 0 Å². The minimum Gasteiger partial charge on any atom is -0.384 e. The quantitative estimate of drug-likeness (QED) is 0.862. The zero-order valence-corrected chi connectivity index (χ0v) is 9.10. The molecule has 0 spiro atoms. The van der Waals surface area contributed by atoms with E-state index < -0.39 is 0 Å². The van der Waals surface area contributed by atoms with Crippen molar-refractivity contribution < 1.29 is 4.39 Å². The van der Waals surface area contributed by atoms with Crippen LogP contribution < -0.4 is 5.73 Å². The van der Waals surface area contributed by atoms with Crippen LogP contribution in [0.1, 0.15) is 24.9 Å². The van der Waals surface area contributed by atoms with Gasteiger partial charge in [-0.1, -0.05) is 19.1 Å². The number of hydrogen-bond acceptors (Lipinski definition) is 2. The number of nitrogens with zero attached hydrogens (tertiary/aromatic N) is 2. The zero-order valence-electron chi connectivity index (χ0n) is 9.10. The summed E-state index contributed by atoms with van der Waals surface area (Å²) in [5.74, 6) is 0.392. The second-order valence-electron chi connectivity index (χ2n) is 3.68. The van der Waals surface area contributed by atoms with E-state index in [0.717, 1.165) is 12.0 Å². The number of halogens is 1. The van der Waals surface area contributed by atoms with Gasteiger partial charge in [-0.25, -0.2) is 9.07 Å². The van der Waals surface area contributed by atoms with Crippen molar-refractivity contribution in [3.05, 3.63) is 47.9 Å². The van der Waals surface area contributed by atoms with Crippen molar-refractivity contribution in [1.82, 2.24) is 9.78 Å². The van der Waals surface area contributed by atoms with Crippen molar-refractivity contribution in [3.8, 4) is 0 Å². The van der Waals surface area contributed by atoms with Gasteiger partial charge in [0.05, 0.1) is 12.2 Å². The van der Waals surface area contributed by atoms with E-state index in [1.807, 2.05) is 0 Å². The average Bonchev–Trinajstić information content (AvgIpc) is 2.69. The predicted molar refractivity (Wildman–Crippen MR) is 61.5 cm³/mol. The fourth-order valence-corrected chi connectivity index (χ4v) is 1.82. The summed E-state index contributed by atoms with van der Waals surface area (Å²) in [5.41, 5.74) is 6.82. The highest BCUT2D eigenvalue weighted by Crippen LogP contribution is 2.23. The van der Waals surface area contributed by atoms with Gasteiger partial charge in [-0.3, -0.25) is 0 Å². The summed E-state index contributed by atoms with van der Waals surface area (Å²) in [6.07, 6.45) is 2.53. The first kappa shape index (κ1) is 10.7. The van der Waals surface area contributed by atoms with E-state index >= 15 is 0 Å². The summed E-state index contributed by atoms with van der Waals surface area (Å²) in [6, 6.07) is 8.27. The summed E-state index contributed by atoms with van der Waals surface area (Å²) in [4.78, 5) is 0.